The van der Waals surface area contributed by atoms with Gasteiger partial charge >= 0.3 is 0 Å². The quantitative estimate of drug-likeness (QED) is 0.250. The Morgan fingerprint density at radius 3 is 1.36 bits per heavy atom. The van der Waals surface area contributed by atoms with E-state index >= 15 is 0 Å². The average Bonchev–Trinajstić information content (AvgIpc) is 3.56. The Morgan fingerprint density at radius 2 is 0.939 bits per heavy atom. The molecule has 0 bridgehead atoms. The number of hydrogen-bond acceptors (Lipinski definition) is 4. The molecule has 3 nitrogen and oxygen atoms in total. The third-order valence-electron chi connectivity index (χ3n) is 5.65. The SMILES string of the molecule is O=C(c1ccccc1)c1cc2c(s1)c1sc(C(=O)c3ccccc3)cc1n2-c1ccccc1. The van der Waals surface area contributed by atoms with E-state index in [2.05, 4.69) is 4.57 Å². The number of thiophene rings is 2. The number of carbonyl (C=O) groups is 2. The number of ketones is 2. The van der Waals surface area contributed by atoms with Gasteiger partial charge in [-0.15, -0.1) is 22.7 Å². The Kier molecular flexibility index (Phi) is 4.79. The van der Waals surface area contributed by atoms with Crippen molar-refractivity contribution in [2.75, 3.05) is 0 Å². The summed E-state index contributed by atoms with van der Waals surface area (Å²) in [5, 5.41) is 0. The van der Waals surface area contributed by atoms with Crippen LogP contribution in [0.25, 0.3) is 26.1 Å². The second kappa shape index (κ2) is 7.96. The Morgan fingerprint density at radius 1 is 0.545 bits per heavy atom. The second-order valence-corrected chi connectivity index (χ2v) is 9.82. The highest BCUT2D eigenvalue weighted by Gasteiger charge is 2.23. The van der Waals surface area contributed by atoms with Gasteiger partial charge < -0.3 is 4.57 Å². The van der Waals surface area contributed by atoms with E-state index in [1.165, 1.54) is 22.7 Å². The molecular weight excluding hydrogens is 446 g/mol. The van der Waals surface area contributed by atoms with Gasteiger partial charge in [0.25, 0.3) is 0 Å². The molecule has 3 aromatic heterocycles. The van der Waals surface area contributed by atoms with Crippen LogP contribution < -0.4 is 0 Å². The van der Waals surface area contributed by atoms with Crippen LogP contribution in [0.2, 0.25) is 0 Å². The van der Waals surface area contributed by atoms with Crippen molar-refractivity contribution in [3.8, 4) is 5.69 Å². The summed E-state index contributed by atoms with van der Waals surface area (Å²) in [4.78, 5) is 27.7. The van der Waals surface area contributed by atoms with Crippen LogP contribution in [0, 0.1) is 0 Å². The summed E-state index contributed by atoms with van der Waals surface area (Å²) in [7, 11) is 0. The predicted molar refractivity (Wildman–Crippen MR) is 136 cm³/mol. The molecule has 3 heterocycles. The molecule has 0 saturated carbocycles. The van der Waals surface area contributed by atoms with Gasteiger partial charge in [0.1, 0.15) is 0 Å². The van der Waals surface area contributed by atoms with Crippen LogP contribution in [0.3, 0.4) is 0 Å². The third kappa shape index (κ3) is 3.33. The van der Waals surface area contributed by atoms with Gasteiger partial charge in [-0.3, -0.25) is 9.59 Å². The molecule has 0 radical (unpaired) electrons. The van der Waals surface area contributed by atoms with Gasteiger partial charge in [0.2, 0.25) is 11.6 Å². The third-order valence-corrected chi connectivity index (χ3v) is 8.06. The van der Waals surface area contributed by atoms with Gasteiger partial charge in [0.05, 0.1) is 30.2 Å². The van der Waals surface area contributed by atoms with Crippen molar-refractivity contribution in [2.24, 2.45) is 0 Å². The number of para-hydroxylation sites is 1. The minimum Gasteiger partial charge on any atom is -0.307 e. The van der Waals surface area contributed by atoms with Crippen molar-refractivity contribution >= 4 is 54.7 Å². The monoisotopic (exact) mass is 463 g/mol. The summed E-state index contributed by atoms with van der Waals surface area (Å²) in [6.07, 6.45) is 0. The first-order chi connectivity index (χ1) is 16.2. The van der Waals surface area contributed by atoms with Gasteiger partial charge in [-0.25, -0.2) is 0 Å². The van der Waals surface area contributed by atoms with E-state index < -0.39 is 0 Å². The fraction of sp³-hybridized carbons (Fsp3) is 0. The van der Waals surface area contributed by atoms with Crippen molar-refractivity contribution in [2.45, 2.75) is 0 Å². The molecule has 0 aliphatic heterocycles. The van der Waals surface area contributed by atoms with Gasteiger partial charge in [-0.1, -0.05) is 78.9 Å². The Balaban J connectivity index is 1.56. The van der Waals surface area contributed by atoms with Crippen LogP contribution in [0.15, 0.2) is 103 Å². The zero-order valence-corrected chi connectivity index (χ0v) is 19.0. The normalized spacial score (nSPS) is 11.3. The van der Waals surface area contributed by atoms with E-state index in [4.69, 9.17) is 0 Å². The van der Waals surface area contributed by atoms with Crippen molar-refractivity contribution < 1.29 is 9.59 Å². The molecular formula is C28H17NO2S2. The highest BCUT2D eigenvalue weighted by Crippen LogP contribution is 2.42. The lowest BCUT2D eigenvalue weighted by atomic mass is 10.1. The molecule has 33 heavy (non-hydrogen) atoms. The topological polar surface area (TPSA) is 39.1 Å². The van der Waals surface area contributed by atoms with E-state index in [1.54, 1.807) is 0 Å². The summed E-state index contributed by atoms with van der Waals surface area (Å²) in [5.74, 6) is 0.0309. The standard InChI is InChI=1S/C28H17NO2S2/c30-25(18-10-4-1-5-11-18)23-16-21-27(32-23)28-22(29(21)20-14-8-3-9-15-20)17-24(33-28)26(31)19-12-6-2-7-13-19/h1-17H. The number of rotatable bonds is 5. The number of carbonyl (C=O) groups excluding carboxylic acids is 2. The van der Waals surface area contributed by atoms with E-state index in [1.807, 2.05) is 103 Å². The summed E-state index contributed by atoms with van der Waals surface area (Å²) in [5.41, 5.74) is 4.34. The molecule has 0 unspecified atom stereocenters. The predicted octanol–water partition coefficient (Wildman–Crippen LogP) is 7.37. The highest BCUT2D eigenvalue weighted by atomic mass is 32.1. The number of nitrogens with zero attached hydrogens (tertiary/aromatic N) is 1. The first kappa shape index (κ1) is 19.9. The van der Waals surface area contributed by atoms with Crippen LogP contribution in [-0.2, 0) is 0 Å². The fourth-order valence-electron chi connectivity index (χ4n) is 4.09. The first-order valence-corrected chi connectivity index (χ1v) is 12.2. The number of benzene rings is 3. The van der Waals surface area contributed by atoms with Crippen molar-refractivity contribution in [3.05, 3.63) is 124 Å². The van der Waals surface area contributed by atoms with Gasteiger partial charge in [0.15, 0.2) is 0 Å². The summed E-state index contributed by atoms with van der Waals surface area (Å²) in [6.45, 7) is 0. The maximum Gasteiger partial charge on any atom is 0.203 e. The minimum absolute atomic E-state index is 0.0155. The largest absolute Gasteiger partial charge is 0.307 e. The molecule has 0 aliphatic rings. The Hall–Kier alpha value is -3.80. The lowest BCUT2D eigenvalue weighted by molar-refractivity contribution is 0.103. The van der Waals surface area contributed by atoms with E-state index in [-0.39, 0.29) is 11.6 Å². The van der Waals surface area contributed by atoms with E-state index in [9.17, 15) is 9.59 Å². The van der Waals surface area contributed by atoms with Gasteiger partial charge in [0, 0.05) is 16.8 Å². The molecule has 6 aromatic rings. The zero-order chi connectivity index (χ0) is 22.4. The lowest BCUT2D eigenvalue weighted by Gasteiger charge is -2.05. The molecule has 0 saturated heterocycles. The first-order valence-electron chi connectivity index (χ1n) is 10.5. The van der Waals surface area contributed by atoms with Gasteiger partial charge in [-0.2, -0.15) is 0 Å². The Bertz CT molecular complexity index is 1520. The second-order valence-electron chi connectivity index (χ2n) is 7.71. The molecule has 5 heteroatoms. The number of aromatic nitrogens is 1. The van der Waals surface area contributed by atoms with Crippen LogP contribution >= 0.6 is 22.7 Å². The molecule has 0 spiro atoms. The number of fused-ring (bicyclic) bond motifs is 3. The van der Waals surface area contributed by atoms with Crippen LogP contribution in [-0.4, -0.2) is 16.1 Å². The molecule has 6 rings (SSSR count). The molecule has 3 aromatic carbocycles. The molecule has 0 fully saturated rings. The lowest BCUT2D eigenvalue weighted by Crippen LogP contribution is -1.98. The molecule has 0 atom stereocenters. The van der Waals surface area contributed by atoms with Crippen LogP contribution in [0.5, 0.6) is 0 Å². The van der Waals surface area contributed by atoms with Crippen LogP contribution in [0.4, 0.5) is 0 Å². The Labute approximate surface area is 198 Å². The number of hydrogen-bond donors (Lipinski definition) is 0. The maximum absolute atomic E-state index is 13.1. The average molecular weight is 464 g/mol. The van der Waals surface area contributed by atoms with E-state index in [0.29, 0.717) is 20.9 Å². The highest BCUT2D eigenvalue weighted by molar-refractivity contribution is 7.29. The molecule has 0 amide bonds. The van der Waals surface area contributed by atoms with E-state index in [0.717, 1.165) is 26.1 Å². The molecule has 0 aliphatic carbocycles. The molecule has 0 N–H and O–H groups in total. The maximum atomic E-state index is 13.1. The van der Waals surface area contributed by atoms with Crippen molar-refractivity contribution in [1.29, 1.82) is 0 Å². The molecule has 158 valence electrons. The van der Waals surface area contributed by atoms with Crippen molar-refractivity contribution in [3.63, 3.8) is 0 Å². The fourth-order valence-corrected chi connectivity index (χ4v) is 6.45. The minimum atomic E-state index is 0.0155. The summed E-state index contributed by atoms with van der Waals surface area (Å²) >= 11 is 2.99. The van der Waals surface area contributed by atoms with Crippen molar-refractivity contribution in [1.82, 2.24) is 4.57 Å². The van der Waals surface area contributed by atoms with Crippen LogP contribution in [0.1, 0.15) is 30.5 Å². The zero-order valence-electron chi connectivity index (χ0n) is 17.4. The summed E-state index contributed by atoms with van der Waals surface area (Å²) < 4.78 is 4.22. The smallest absolute Gasteiger partial charge is 0.203 e. The van der Waals surface area contributed by atoms with Gasteiger partial charge in [-0.05, 0) is 24.3 Å². The summed E-state index contributed by atoms with van der Waals surface area (Å²) in [6, 6.07) is 32.7.